The quantitative estimate of drug-likeness (QED) is 0.641. The molecule has 0 amide bonds. The number of halogens is 3. The van der Waals surface area contributed by atoms with Gasteiger partial charge in [-0.25, -0.2) is 22.9 Å². The van der Waals surface area contributed by atoms with E-state index in [2.05, 4.69) is 4.98 Å². The van der Waals surface area contributed by atoms with Gasteiger partial charge in [0.15, 0.2) is 5.67 Å². The summed E-state index contributed by atoms with van der Waals surface area (Å²) in [6.07, 6.45) is 1.74. The van der Waals surface area contributed by atoms with E-state index in [-0.39, 0.29) is 16.5 Å². The lowest BCUT2D eigenvalue weighted by molar-refractivity contribution is 0.0700. The van der Waals surface area contributed by atoms with Gasteiger partial charge in [0, 0.05) is 17.4 Å². The number of nitrogen functional groups attached to an aromatic ring is 1. The van der Waals surface area contributed by atoms with Crippen LogP contribution in [0.15, 0.2) is 66.5 Å². The second-order valence-electron chi connectivity index (χ2n) is 6.77. The number of benzene rings is 2. The summed E-state index contributed by atoms with van der Waals surface area (Å²) >= 11 is 0. The molecule has 7 heteroatoms. The molecule has 0 saturated carbocycles. The zero-order valence-electron chi connectivity index (χ0n) is 15.0. The second kappa shape index (κ2) is 6.77. The minimum absolute atomic E-state index is 0.0525. The molecule has 0 aliphatic heterocycles. The van der Waals surface area contributed by atoms with Crippen molar-refractivity contribution in [3.63, 3.8) is 0 Å². The Morgan fingerprint density at radius 1 is 1.14 bits per heavy atom. The molecule has 146 valence electrons. The van der Waals surface area contributed by atoms with Gasteiger partial charge in [-0.3, -0.25) is 0 Å². The largest absolute Gasteiger partial charge is 0.478 e. The molecule has 29 heavy (non-hydrogen) atoms. The van der Waals surface area contributed by atoms with Gasteiger partial charge in [-0.05, 0) is 29.8 Å². The normalized spacial score (nSPS) is 19.0. The number of allylic oxidation sites excluding steroid dienone is 4. The van der Waals surface area contributed by atoms with Crippen LogP contribution in [-0.4, -0.2) is 16.1 Å². The lowest BCUT2D eigenvalue weighted by Crippen LogP contribution is -2.25. The number of rotatable bonds is 3. The highest BCUT2D eigenvalue weighted by Crippen LogP contribution is 2.44. The Labute approximate surface area is 163 Å². The Kier molecular flexibility index (Phi) is 4.38. The van der Waals surface area contributed by atoms with E-state index in [0.717, 1.165) is 18.2 Å². The van der Waals surface area contributed by atoms with Gasteiger partial charge in [0.1, 0.15) is 17.3 Å². The van der Waals surface area contributed by atoms with E-state index in [1.165, 1.54) is 12.1 Å². The van der Waals surface area contributed by atoms with Gasteiger partial charge in [0.25, 0.3) is 0 Å². The first-order valence-corrected chi connectivity index (χ1v) is 8.75. The fourth-order valence-corrected chi connectivity index (χ4v) is 3.52. The smallest absolute Gasteiger partial charge is 0.338 e. The molecule has 0 bridgehead atoms. The van der Waals surface area contributed by atoms with E-state index in [4.69, 9.17) is 5.73 Å². The number of carboxylic acids is 1. The van der Waals surface area contributed by atoms with Gasteiger partial charge >= 0.3 is 5.97 Å². The fraction of sp³-hybridized carbons (Fsp3) is 0.0909. The molecule has 3 N–H and O–H groups in total. The van der Waals surface area contributed by atoms with E-state index in [1.807, 2.05) is 0 Å². The Balaban J connectivity index is 1.87. The molecule has 0 saturated heterocycles. The topological polar surface area (TPSA) is 76.2 Å². The standard InChI is InChI=1S/C22H15F3N2O2/c23-13-6-7-17-15(10-13)18(21(28)29)19(26)20(27-17)22(25)9-8-14(16(24)11-22)12-4-2-1-3-5-12/h1-10H,11,26H2,(H,28,29). The van der Waals surface area contributed by atoms with E-state index < -0.39 is 46.6 Å². The molecule has 4 nitrogen and oxygen atoms in total. The van der Waals surface area contributed by atoms with Crippen molar-refractivity contribution >= 4 is 28.1 Å². The molecule has 0 radical (unpaired) electrons. The van der Waals surface area contributed by atoms with E-state index in [0.29, 0.717) is 5.56 Å². The van der Waals surface area contributed by atoms with Crippen LogP contribution in [0.4, 0.5) is 18.9 Å². The number of nitrogens with zero attached hydrogens (tertiary/aromatic N) is 1. The summed E-state index contributed by atoms with van der Waals surface area (Å²) in [7, 11) is 0. The number of aromatic nitrogens is 1. The third-order valence-electron chi connectivity index (χ3n) is 4.90. The van der Waals surface area contributed by atoms with Crippen LogP contribution < -0.4 is 5.73 Å². The van der Waals surface area contributed by atoms with Crippen LogP contribution in [0.1, 0.15) is 28.0 Å². The third-order valence-corrected chi connectivity index (χ3v) is 4.90. The van der Waals surface area contributed by atoms with E-state index in [9.17, 15) is 18.7 Å². The molecule has 1 heterocycles. The molecule has 1 unspecified atom stereocenters. The van der Waals surface area contributed by atoms with Crippen LogP contribution in [0.2, 0.25) is 0 Å². The first kappa shape index (κ1) is 18.7. The number of hydrogen-bond acceptors (Lipinski definition) is 3. The monoisotopic (exact) mass is 396 g/mol. The van der Waals surface area contributed by atoms with Gasteiger partial charge in [0.2, 0.25) is 0 Å². The highest BCUT2D eigenvalue weighted by atomic mass is 19.2. The zero-order chi connectivity index (χ0) is 20.8. The Morgan fingerprint density at radius 3 is 2.52 bits per heavy atom. The van der Waals surface area contributed by atoms with Crippen LogP contribution >= 0.6 is 0 Å². The maximum absolute atomic E-state index is 15.8. The van der Waals surface area contributed by atoms with Crippen molar-refractivity contribution in [1.29, 1.82) is 0 Å². The average molecular weight is 396 g/mol. The SMILES string of the molecule is Nc1c(C2(F)C=CC(c3ccccc3)=C(F)C2)nc2ccc(F)cc2c1C(=O)O. The first-order chi connectivity index (χ1) is 13.8. The molecule has 0 fully saturated rings. The maximum Gasteiger partial charge on any atom is 0.338 e. The first-order valence-electron chi connectivity index (χ1n) is 8.75. The molecule has 3 aromatic rings. The Bertz CT molecular complexity index is 1210. The second-order valence-corrected chi connectivity index (χ2v) is 6.77. The minimum Gasteiger partial charge on any atom is -0.478 e. The van der Waals surface area contributed by atoms with Crippen molar-refractivity contribution < 1.29 is 23.1 Å². The van der Waals surface area contributed by atoms with Crippen LogP contribution in [0.25, 0.3) is 16.5 Å². The van der Waals surface area contributed by atoms with Crippen LogP contribution in [-0.2, 0) is 5.67 Å². The predicted molar refractivity (Wildman–Crippen MR) is 104 cm³/mol. The fourth-order valence-electron chi connectivity index (χ4n) is 3.52. The number of carbonyl (C=O) groups is 1. The third kappa shape index (κ3) is 3.14. The van der Waals surface area contributed by atoms with Crippen LogP contribution in [0.5, 0.6) is 0 Å². The van der Waals surface area contributed by atoms with Gasteiger partial charge in [0.05, 0.1) is 16.8 Å². The summed E-state index contributed by atoms with van der Waals surface area (Å²) in [4.78, 5) is 15.8. The Hall–Kier alpha value is -3.61. The molecule has 4 rings (SSSR count). The lowest BCUT2D eigenvalue weighted by Gasteiger charge is -2.27. The lowest BCUT2D eigenvalue weighted by atomic mass is 9.85. The van der Waals surface area contributed by atoms with Crippen molar-refractivity contribution in [2.75, 3.05) is 5.73 Å². The summed E-state index contributed by atoms with van der Waals surface area (Å²) in [5.41, 5.74) is 3.03. The maximum atomic E-state index is 15.8. The van der Waals surface area contributed by atoms with Crippen molar-refractivity contribution in [3.8, 4) is 0 Å². The molecule has 1 aliphatic carbocycles. The van der Waals surface area contributed by atoms with E-state index >= 15 is 4.39 Å². The number of carboxylic acid groups (broad SMARTS) is 1. The number of alkyl halides is 1. The summed E-state index contributed by atoms with van der Waals surface area (Å²) in [6.45, 7) is 0. The summed E-state index contributed by atoms with van der Waals surface area (Å²) < 4.78 is 44.2. The number of fused-ring (bicyclic) bond motifs is 1. The highest BCUT2D eigenvalue weighted by Gasteiger charge is 2.39. The number of nitrogens with two attached hydrogens (primary N) is 1. The molecule has 1 aromatic heterocycles. The summed E-state index contributed by atoms with van der Waals surface area (Å²) in [5, 5.41) is 9.50. The molecule has 2 aromatic carbocycles. The van der Waals surface area contributed by atoms with Crippen LogP contribution in [0, 0.1) is 5.82 Å². The molecule has 1 aliphatic rings. The number of anilines is 1. The van der Waals surface area contributed by atoms with Crippen LogP contribution in [0.3, 0.4) is 0 Å². The Morgan fingerprint density at radius 2 is 1.86 bits per heavy atom. The molecule has 1 atom stereocenters. The van der Waals surface area contributed by atoms with Crippen molar-refractivity contribution in [3.05, 3.63) is 89.1 Å². The number of pyridine rings is 1. The van der Waals surface area contributed by atoms with Crippen molar-refractivity contribution in [2.24, 2.45) is 0 Å². The highest BCUT2D eigenvalue weighted by molar-refractivity contribution is 6.07. The summed E-state index contributed by atoms with van der Waals surface area (Å²) in [6, 6.07) is 11.9. The average Bonchev–Trinajstić information content (AvgIpc) is 2.67. The predicted octanol–water partition coefficient (Wildman–Crippen LogP) is 5.16. The van der Waals surface area contributed by atoms with Gasteiger partial charge in [-0.15, -0.1) is 0 Å². The number of hydrogen-bond donors (Lipinski definition) is 2. The van der Waals surface area contributed by atoms with E-state index in [1.54, 1.807) is 30.3 Å². The molecule has 0 spiro atoms. The van der Waals surface area contributed by atoms with Crippen molar-refractivity contribution in [1.82, 2.24) is 4.98 Å². The van der Waals surface area contributed by atoms with Gasteiger partial charge in [-0.2, -0.15) is 0 Å². The molecular weight excluding hydrogens is 381 g/mol. The van der Waals surface area contributed by atoms with Gasteiger partial charge < -0.3 is 10.8 Å². The van der Waals surface area contributed by atoms with Gasteiger partial charge in [-0.1, -0.05) is 36.4 Å². The molecular formula is C22H15F3N2O2. The summed E-state index contributed by atoms with van der Waals surface area (Å²) in [5.74, 6) is -2.84. The number of aromatic carboxylic acids is 1. The van der Waals surface area contributed by atoms with Crippen molar-refractivity contribution in [2.45, 2.75) is 12.1 Å². The minimum atomic E-state index is -2.45. The zero-order valence-corrected chi connectivity index (χ0v) is 15.0.